The SMILES string of the molecule is CC(O)CNc1ncnc2scc(-c3ccc(C(C)C)cc3)c12. The van der Waals surface area contributed by atoms with Gasteiger partial charge in [0, 0.05) is 17.5 Å². The van der Waals surface area contributed by atoms with Crippen molar-refractivity contribution in [2.75, 3.05) is 11.9 Å². The van der Waals surface area contributed by atoms with Gasteiger partial charge in [0.05, 0.1) is 11.5 Å². The average molecular weight is 327 g/mol. The van der Waals surface area contributed by atoms with E-state index in [9.17, 15) is 5.11 Å². The van der Waals surface area contributed by atoms with Gasteiger partial charge in [-0.2, -0.15) is 0 Å². The van der Waals surface area contributed by atoms with E-state index in [1.807, 2.05) is 0 Å². The molecule has 0 aliphatic rings. The summed E-state index contributed by atoms with van der Waals surface area (Å²) in [4.78, 5) is 9.68. The van der Waals surface area contributed by atoms with E-state index in [1.54, 1.807) is 24.6 Å². The molecule has 0 radical (unpaired) electrons. The number of thiophene rings is 1. The highest BCUT2D eigenvalue weighted by atomic mass is 32.1. The molecule has 4 nitrogen and oxygen atoms in total. The number of fused-ring (bicyclic) bond motifs is 1. The minimum absolute atomic E-state index is 0.424. The van der Waals surface area contributed by atoms with Gasteiger partial charge in [-0.15, -0.1) is 11.3 Å². The highest BCUT2D eigenvalue weighted by Gasteiger charge is 2.13. The van der Waals surface area contributed by atoms with E-state index >= 15 is 0 Å². The van der Waals surface area contributed by atoms with Crippen molar-refractivity contribution in [3.8, 4) is 11.1 Å². The van der Waals surface area contributed by atoms with Gasteiger partial charge >= 0.3 is 0 Å². The second-order valence-corrected chi connectivity index (χ2v) is 6.92. The Balaban J connectivity index is 2.03. The van der Waals surface area contributed by atoms with Crippen LogP contribution in [0.2, 0.25) is 0 Å². The van der Waals surface area contributed by atoms with Crippen LogP contribution >= 0.6 is 11.3 Å². The van der Waals surface area contributed by atoms with Crippen molar-refractivity contribution in [2.24, 2.45) is 0 Å². The fourth-order valence-corrected chi connectivity index (χ4v) is 3.43. The van der Waals surface area contributed by atoms with Crippen LogP contribution in [0.3, 0.4) is 0 Å². The molecular weight excluding hydrogens is 306 g/mol. The summed E-state index contributed by atoms with van der Waals surface area (Å²) in [6.45, 7) is 6.61. The van der Waals surface area contributed by atoms with Crippen molar-refractivity contribution < 1.29 is 5.11 Å². The van der Waals surface area contributed by atoms with Crippen molar-refractivity contribution in [1.29, 1.82) is 0 Å². The number of hydrogen-bond acceptors (Lipinski definition) is 5. The number of aromatic nitrogens is 2. The largest absolute Gasteiger partial charge is 0.392 e. The summed E-state index contributed by atoms with van der Waals surface area (Å²) < 4.78 is 0. The van der Waals surface area contributed by atoms with E-state index in [1.165, 1.54) is 5.56 Å². The molecule has 0 bridgehead atoms. The Morgan fingerprint density at radius 2 is 1.87 bits per heavy atom. The van der Waals surface area contributed by atoms with Crippen LogP contribution in [0.5, 0.6) is 0 Å². The predicted octanol–water partition coefficient (Wildman–Crippen LogP) is 4.27. The van der Waals surface area contributed by atoms with Crippen molar-refractivity contribution in [3.05, 3.63) is 41.5 Å². The summed E-state index contributed by atoms with van der Waals surface area (Å²) in [7, 11) is 0. The fourth-order valence-electron chi connectivity index (χ4n) is 2.51. The molecule has 120 valence electrons. The molecule has 0 saturated carbocycles. The van der Waals surface area contributed by atoms with E-state index in [2.05, 4.69) is 58.8 Å². The maximum Gasteiger partial charge on any atom is 0.138 e. The number of anilines is 1. The summed E-state index contributed by atoms with van der Waals surface area (Å²) in [5.41, 5.74) is 3.63. The zero-order valence-corrected chi connectivity index (χ0v) is 14.4. The van der Waals surface area contributed by atoms with Gasteiger partial charge in [-0.1, -0.05) is 38.1 Å². The van der Waals surface area contributed by atoms with Crippen LogP contribution in [-0.4, -0.2) is 27.7 Å². The smallest absolute Gasteiger partial charge is 0.138 e. The lowest BCUT2D eigenvalue weighted by Crippen LogP contribution is -2.16. The van der Waals surface area contributed by atoms with Crippen LogP contribution in [0, 0.1) is 0 Å². The van der Waals surface area contributed by atoms with Gasteiger partial charge in [0.1, 0.15) is 17.0 Å². The van der Waals surface area contributed by atoms with Crippen LogP contribution in [0.25, 0.3) is 21.3 Å². The summed E-state index contributed by atoms with van der Waals surface area (Å²) in [6, 6.07) is 8.66. The lowest BCUT2D eigenvalue weighted by molar-refractivity contribution is 0.208. The number of rotatable bonds is 5. The van der Waals surface area contributed by atoms with Crippen molar-refractivity contribution in [3.63, 3.8) is 0 Å². The Kier molecular flexibility index (Phi) is 4.59. The van der Waals surface area contributed by atoms with Gasteiger partial charge in [0.2, 0.25) is 0 Å². The molecule has 0 saturated heterocycles. The lowest BCUT2D eigenvalue weighted by atomic mass is 9.99. The monoisotopic (exact) mass is 327 g/mol. The molecule has 2 N–H and O–H groups in total. The summed E-state index contributed by atoms with van der Waals surface area (Å²) in [6.07, 6.45) is 1.14. The number of aliphatic hydroxyl groups excluding tert-OH is 1. The molecule has 0 aliphatic carbocycles. The molecule has 2 aromatic heterocycles. The zero-order valence-electron chi connectivity index (χ0n) is 13.6. The first kappa shape index (κ1) is 15.9. The quantitative estimate of drug-likeness (QED) is 0.734. The Morgan fingerprint density at radius 3 is 2.52 bits per heavy atom. The third-order valence-corrected chi connectivity index (χ3v) is 4.71. The number of nitrogens with one attached hydrogen (secondary N) is 1. The van der Waals surface area contributed by atoms with Crippen molar-refractivity contribution >= 4 is 27.4 Å². The van der Waals surface area contributed by atoms with E-state index in [0.29, 0.717) is 12.5 Å². The maximum atomic E-state index is 9.50. The van der Waals surface area contributed by atoms with Gasteiger partial charge in [-0.05, 0) is 24.0 Å². The Labute approximate surface area is 140 Å². The molecule has 5 heteroatoms. The first-order valence-electron chi connectivity index (χ1n) is 7.80. The first-order valence-corrected chi connectivity index (χ1v) is 8.68. The van der Waals surface area contributed by atoms with Crippen LogP contribution in [0.15, 0.2) is 36.0 Å². The van der Waals surface area contributed by atoms with Crippen LogP contribution in [0.1, 0.15) is 32.3 Å². The van der Waals surface area contributed by atoms with E-state index in [-0.39, 0.29) is 0 Å². The minimum atomic E-state index is -0.424. The molecule has 0 aliphatic heterocycles. The Hall–Kier alpha value is -1.98. The first-order chi connectivity index (χ1) is 11.1. The maximum absolute atomic E-state index is 9.50. The number of benzene rings is 1. The molecule has 1 atom stereocenters. The standard InChI is InChI=1S/C18H21N3OS/c1-11(2)13-4-6-14(7-5-13)15-9-23-18-16(15)17(20-10-21-18)19-8-12(3)22/h4-7,9-12,22H,8H2,1-3H3,(H,19,20,21). The normalized spacial score (nSPS) is 12.7. The van der Waals surface area contributed by atoms with E-state index in [0.717, 1.165) is 27.2 Å². The molecule has 1 unspecified atom stereocenters. The second kappa shape index (κ2) is 6.64. The Bertz CT molecular complexity index is 794. The van der Waals surface area contributed by atoms with Crippen LogP contribution < -0.4 is 5.32 Å². The molecule has 0 amide bonds. The summed E-state index contributed by atoms with van der Waals surface area (Å²) in [5, 5.41) is 15.9. The van der Waals surface area contributed by atoms with Gasteiger partial charge in [0.15, 0.2) is 0 Å². The van der Waals surface area contributed by atoms with Gasteiger partial charge < -0.3 is 10.4 Å². The summed E-state index contributed by atoms with van der Waals surface area (Å²) >= 11 is 1.61. The molecule has 1 aromatic carbocycles. The molecule has 3 aromatic rings. The average Bonchev–Trinajstić information content (AvgIpc) is 2.97. The van der Waals surface area contributed by atoms with Crippen LogP contribution in [-0.2, 0) is 0 Å². The number of nitrogens with zero attached hydrogens (tertiary/aromatic N) is 2. The number of hydrogen-bond donors (Lipinski definition) is 2. The fraction of sp³-hybridized carbons (Fsp3) is 0.333. The third-order valence-electron chi connectivity index (χ3n) is 3.82. The molecule has 0 spiro atoms. The molecule has 2 heterocycles. The lowest BCUT2D eigenvalue weighted by Gasteiger charge is -2.10. The Morgan fingerprint density at radius 1 is 1.13 bits per heavy atom. The van der Waals surface area contributed by atoms with Gasteiger partial charge in [-0.25, -0.2) is 9.97 Å². The minimum Gasteiger partial charge on any atom is -0.392 e. The highest BCUT2D eigenvalue weighted by molar-refractivity contribution is 7.17. The van der Waals surface area contributed by atoms with Gasteiger partial charge in [0.25, 0.3) is 0 Å². The van der Waals surface area contributed by atoms with E-state index < -0.39 is 6.10 Å². The summed E-state index contributed by atoms with van der Waals surface area (Å²) in [5.74, 6) is 1.30. The topological polar surface area (TPSA) is 58.0 Å². The molecule has 23 heavy (non-hydrogen) atoms. The highest BCUT2D eigenvalue weighted by Crippen LogP contribution is 2.36. The van der Waals surface area contributed by atoms with Crippen molar-refractivity contribution in [2.45, 2.75) is 32.8 Å². The predicted molar refractivity (Wildman–Crippen MR) is 97.1 cm³/mol. The zero-order chi connectivity index (χ0) is 16.4. The van der Waals surface area contributed by atoms with Crippen LogP contribution in [0.4, 0.5) is 5.82 Å². The van der Waals surface area contributed by atoms with Crippen molar-refractivity contribution in [1.82, 2.24) is 9.97 Å². The third kappa shape index (κ3) is 3.35. The van der Waals surface area contributed by atoms with E-state index in [4.69, 9.17) is 0 Å². The molecule has 0 fully saturated rings. The molecule has 3 rings (SSSR count). The second-order valence-electron chi connectivity index (χ2n) is 6.06. The van der Waals surface area contributed by atoms with Gasteiger partial charge in [-0.3, -0.25) is 0 Å². The number of aliphatic hydroxyl groups is 1. The molecular formula is C18H21N3OS.